The highest BCUT2D eigenvalue weighted by Gasteiger charge is 2.25. The van der Waals surface area contributed by atoms with Crippen molar-refractivity contribution in [3.63, 3.8) is 0 Å². The molecule has 0 aliphatic carbocycles. The van der Waals surface area contributed by atoms with Gasteiger partial charge in [0, 0.05) is 29.3 Å². The van der Waals surface area contributed by atoms with Crippen LogP contribution in [-0.2, 0) is 24.2 Å². The minimum Gasteiger partial charge on any atom is -0.496 e. The first-order valence-corrected chi connectivity index (χ1v) is 11.5. The highest BCUT2D eigenvalue weighted by molar-refractivity contribution is 5.70. The molecule has 3 aromatic rings. The number of aliphatic hydroxyl groups is 1. The minimum absolute atomic E-state index is 0.0700. The number of hydrogen-bond acceptors (Lipinski definition) is 5. The Morgan fingerprint density at radius 1 is 1.09 bits per heavy atom. The van der Waals surface area contributed by atoms with Crippen molar-refractivity contribution in [2.45, 2.75) is 52.2 Å². The number of nitrogens with zero attached hydrogens (tertiary/aromatic N) is 2. The molecule has 0 fully saturated rings. The molecular formula is C27H34N2O5. The lowest BCUT2D eigenvalue weighted by Gasteiger charge is -2.25. The highest BCUT2D eigenvalue weighted by Crippen LogP contribution is 2.36. The first kappa shape index (κ1) is 25.3. The molecule has 0 radical (unpaired) electrons. The second-order valence-corrected chi connectivity index (χ2v) is 8.64. The van der Waals surface area contributed by atoms with Gasteiger partial charge in [0.15, 0.2) is 0 Å². The molecule has 0 saturated heterocycles. The van der Waals surface area contributed by atoms with Crippen molar-refractivity contribution in [2.75, 3.05) is 14.2 Å². The summed E-state index contributed by atoms with van der Waals surface area (Å²) in [4.78, 5) is 11.2. The molecule has 0 spiro atoms. The number of aryl methyl sites for hydroxylation is 1. The van der Waals surface area contributed by atoms with Crippen LogP contribution in [-0.4, -0.2) is 40.2 Å². The van der Waals surface area contributed by atoms with Crippen LogP contribution in [0.1, 0.15) is 46.9 Å². The van der Waals surface area contributed by atoms with Crippen LogP contribution in [0, 0.1) is 19.8 Å². The maximum absolute atomic E-state index is 11.5. The SMILES string of the molecule is COc1cc([C@@H](O)[C@@H](CCCc2ccccc2)Cn2ncc(CC(=O)O)c2C)cc(OC)c1C. The molecular weight excluding hydrogens is 432 g/mol. The average molecular weight is 467 g/mol. The monoisotopic (exact) mass is 466 g/mol. The molecule has 1 aromatic heterocycles. The number of carboxylic acids is 1. The first-order valence-electron chi connectivity index (χ1n) is 11.5. The molecule has 0 bridgehead atoms. The van der Waals surface area contributed by atoms with E-state index in [0.717, 1.165) is 36.1 Å². The number of carbonyl (C=O) groups is 1. The third kappa shape index (κ3) is 6.17. The zero-order chi connectivity index (χ0) is 24.7. The maximum atomic E-state index is 11.5. The summed E-state index contributed by atoms with van der Waals surface area (Å²) in [5.74, 6) is 0.295. The Morgan fingerprint density at radius 2 is 1.74 bits per heavy atom. The first-order chi connectivity index (χ1) is 16.3. The van der Waals surface area contributed by atoms with Gasteiger partial charge in [0.05, 0.1) is 32.9 Å². The molecule has 2 N–H and O–H groups in total. The van der Waals surface area contributed by atoms with Gasteiger partial charge in [-0.2, -0.15) is 5.10 Å². The zero-order valence-corrected chi connectivity index (χ0v) is 20.3. The van der Waals surface area contributed by atoms with Crippen molar-refractivity contribution >= 4 is 5.97 Å². The van der Waals surface area contributed by atoms with Crippen LogP contribution < -0.4 is 9.47 Å². The number of carboxylic acid groups (broad SMARTS) is 1. The van der Waals surface area contributed by atoms with Crippen LogP contribution in [0.2, 0.25) is 0 Å². The molecule has 0 amide bonds. The van der Waals surface area contributed by atoms with E-state index in [4.69, 9.17) is 14.6 Å². The molecule has 1 heterocycles. The van der Waals surface area contributed by atoms with Gasteiger partial charge in [0.1, 0.15) is 11.5 Å². The fourth-order valence-electron chi connectivity index (χ4n) is 4.34. The van der Waals surface area contributed by atoms with E-state index in [0.29, 0.717) is 23.6 Å². The number of benzene rings is 2. The van der Waals surface area contributed by atoms with Crippen molar-refractivity contribution in [3.05, 3.63) is 76.6 Å². The Morgan fingerprint density at radius 3 is 2.32 bits per heavy atom. The number of hydrogen-bond donors (Lipinski definition) is 2. The molecule has 182 valence electrons. The molecule has 2 atom stereocenters. The van der Waals surface area contributed by atoms with E-state index in [1.54, 1.807) is 25.1 Å². The molecule has 2 aromatic carbocycles. The highest BCUT2D eigenvalue weighted by atomic mass is 16.5. The summed E-state index contributed by atoms with van der Waals surface area (Å²) in [7, 11) is 3.21. The van der Waals surface area contributed by atoms with Gasteiger partial charge in [0.2, 0.25) is 0 Å². The Labute approximate surface area is 201 Å². The fourth-order valence-corrected chi connectivity index (χ4v) is 4.34. The molecule has 0 aliphatic heterocycles. The van der Waals surface area contributed by atoms with Gasteiger partial charge in [-0.05, 0) is 56.4 Å². The lowest BCUT2D eigenvalue weighted by Crippen LogP contribution is -2.21. The Kier molecular flexibility index (Phi) is 8.71. The summed E-state index contributed by atoms with van der Waals surface area (Å²) in [5.41, 5.74) is 4.35. The second kappa shape index (κ2) is 11.7. The zero-order valence-electron chi connectivity index (χ0n) is 20.3. The van der Waals surface area contributed by atoms with E-state index >= 15 is 0 Å². The summed E-state index contributed by atoms with van der Waals surface area (Å²) in [6, 6.07) is 14.0. The molecule has 0 unspecified atom stereocenters. The summed E-state index contributed by atoms with van der Waals surface area (Å²) < 4.78 is 12.8. The second-order valence-electron chi connectivity index (χ2n) is 8.64. The Hall–Kier alpha value is -3.32. The summed E-state index contributed by atoms with van der Waals surface area (Å²) in [5, 5.41) is 25.1. The molecule has 0 aliphatic rings. The fraction of sp³-hybridized carbons (Fsp3) is 0.407. The van der Waals surface area contributed by atoms with Gasteiger partial charge in [-0.25, -0.2) is 0 Å². The van der Waals surface area contributed by atoms with Crippen molar-refractivity contribution < 1.29 is 24.5 Å². The number of ether oxygens (including phenoxy) is 2. The van der Waals surface area contributed by atoms with E-state index in [9.17, 15) is 9.90 Å². The molecule has 0 saturated carbocycles. The predicted octanol–water partition coefficient (Wildman–Crippen LogP) is 4.52. The number of rotatable bonds is 12. The number of aliphatic hydroxyl groups excluding tert-OH is 1. The van der Waals surface area contributed by atoms with Gasteiger partial charge >= 0.3 is 5.97 Å². The summed E-state index contributed by atoms with van der Waals surface area (Å²) in [6.45, 7) is 4.26. The van der Waals surface area contributed by atoms with E-state index < -0.39 is 12.1 Å². The summed E-state index contributed by atoms with van der Waals surface area (Å²) >= 11 is 0. The molecule has 3 rings (SSSR count). The van der Waals surface area contributed by atoms with Crippen molar-refractivity contribution in [1.29, 1.82) is 0 Å². The van der Waals surface area contributed by atoms with Gasteiger partial charge in [-0.3, -0.25) is 9.48 Å². The van der Waals surface area contributed by atoms with Crippen LogP contribution in [0.5, 0.6) is 11.5 Å². The van der Waals surface area contributed by atoms with Gasteiger partial charge in [-0.15, -0.1) is 0 Å². The van der Waals surface area contributed by atoms with Crippen molar-refractivity contribution in [1.82, 2.24) is 9.78 Å². The van der Waals surface area contributed by atoms with E-state index in [-0.39, 0.29) is 12.3 Å². The van der Waals surface area contributed by atoms with E-state index in [1.165, 1.54) is 5.56 Å². The molecule has 7 nitrogen and oxygen atoms in total. The topological polar surface area (TPSA) is 93.8 Å². The average Bonchev–Trinajstić information content (AvgIpc) is 3.17. The lowest BCUT2D eigenvalue weighted by atomic mass is 9.89. The van der Waals surface area contributed by atoms with E-state index in [1.807, 2.05) is 44.2 Å². The van der Waals surface area contributed by atoms with Gasteiger partial charge in [-0.1, -0.05) is 30.3 Å². The van der Waals surface area contributed by atoms with Crippen LogP contribution in [0.15, 0.2) is 48.7 Å². The van der Waals surface area contributed by atoms with E-state index in [2.05, 4.69) is 17.2 Å². The largest absolute Gasteiger partial charge is 0.496 e. The Bertz CT molecular complexity index is 1070. The number of aliphatic carboxylic acids is 1. The molecule has 7 heteroatoms. The third-order valence-corrected chi connectivity index (χ3v) is 6.40. The maximum Gasteiger partial charge on any atom is 0.307 e. The van der Waals surface area contributed by atoms with Crippen LogP contribution >= 0.6 is 0 Å². The standard InChI is InChI=1S/C27H34N2O5/c1-18-24(33-3)13-22(14-25(18)34-4)27(32)21(12-8-11-20-9-6-5-7-10-20)17-29-19(2)23(16-28-29)15-26(30)31/h5-7,9-10,13-14,16,21,27,32H,8,11-12,15,17H2,1-4H3,(H,30,31)/t21-,27-/m0/s1. The van der Waals surface area contributed by atoms with Crippen molar-refractivity contribution in [2.24, 2.45) is 5.92 Å². The predicted molar refractivity (Wildman–Crippen MR) is 130 cm³/mol. The third-order valence-electron chi connectivity index (χ3n) is 6.40. The number of aromatic nitrogens is 2. The van der Waals surface area contributed by atoms with Crippen LogP contribution in [0.25, 0.3) is 0 Å². The smallest absolute Gasteiger partial charge is 0.307 e. The number of methoxy groups -OCH3 is 2. The van der Waals surface area contributed by atoms with Gasteiger partial charge in [0.25, 0.3) is 0 Å². The van der Waals surface area contributed by atoms with Crippen LogP contribution in [0.4, 0.5) is 0 Å². The lowest BCUT2D eigenvalue weighted by molar-refractivity contribution is -0.136. The van der Waals surface area contributed by atoms with Gasteiger partial charge < -0.3 is 19.7 Å². The minimum atomic E-state index is -0.888. The quantitative estimate of drug-likeness (QED) is 0.408. The van der Waals surface area contributed by atoms with Crippen molar-refractivity contribution in [3.8, 4) is 11.5 Å². The normalized spacial score (nSPS) is 12.9. The van der Waals surface area contributed by atoms with Crippen LogP contribution in [0.3, 0.4) is 0 Å². The Balaban J connectivity index is 1.86. The molecule has 34 heavy (non-hydrogen) atoms. The summed E-state index contributed by atoms with van der Waals surface area (Å²) in [6.07, 6.45) is 3.34.